The van der Waals surface area contributed by atoms with Crippen molar-refractivity contribution in [3.05, 3.63) is 35.1 Å². The molecule has 0 radical (unpaired) electrons. The minimum absolute atomic E-state index is 0.0108. The molecule has 1 aliphatic rings. The van der Waals surface area contributed by atoms with Gasteiger partial charge in [-0.05, 0) is 42.5 Å². The Morgan fingerprint density at radius 2 is 2.20 bits per heavy atom. The maximum Gasteiger partial charge on any atom is 0.404 e. The molecule has 5 nitrogen and oxygen atoms in total. The van der Waals surface area contributed by atoms with Gasteiger partial charge in [0.05, 0.1) is 6.10 Å². The van der Waals surface area contributed by atoms with Crippen LogP contribution in [0.3, 0.4) is 0 Å². The van der Waals surface area contributed by atoms with E-state index in [1.54, 1.807) is 12.1 Å². The largest absolute Gasteiger partial charge is 0.465 e. The van der Waals surface area contributed by atoms with Crippen LogP contribution in [0.5, 0.6) is 0 Å². The molecule has 0 spiro atoms. The summed E-state index contributed by atoms with van der Waals surface area (Å²) in [6.45, 7) is 0.346. The lowest BCUT2D eigenvalue weighted by atomic mass is 9.88. The molecular formula is C14H19FN2O3. The highest BCUT2D eigenvalue weighted by molar-refractivity contribution is 5.64. The molecule has 1 aliphatic carbocycles. The minimum atomic E-state index is -1.14. The Hall–Kier alpha value is -1.66. The molecule has 1 aromatic rings. The molecule has 0 bridgehead atoms. The Balaban J connectivity index is 1.78. The number of halogens is 1. The number of nitrogens with one attached hydrogen (secondary N) is 2. The smallest absolute Gasteiger partial charge is 0.404 e. The molecule has 4 N–H and O–H groups in total. The van der Waals surface area contributed by atoms with Crippen molar-refractivity contribution >= 4 is 6.09 Å². The Kier molecular flexibility index (Phi) is 4.92. The van der Waals surface area contributed by atoms with Gasteiger partial charge in [0, 0.05) is 19.1 Å². The molecule has 2 atom stereocenters. The number of hydrogen-bond donors (Lipinski definition) is 4. The van der Waals surface area contributed by atoms with E-state index >= 15 is 0 Å². The summed E-state index contributed by atoms with van der Waals surface area (Å²) >= 11 is 0. The van der Waals surface area contributed by atoms with E-state index in [2.05, 4.69) is 10.6 Å². The van der Waals surface area contributed by atoms with Gasteiger partial charge in [-0.1, -0.05) is 6.07 Å². The highest BCUT2D eigenvalue weighted by Gasteiger charge is 2.19. The summed E-state index contributed by atoms with van der Waals surface area (Å²) in [4.78, 5) is 10.3. The third-order valence-corrected chi connectivity index (χ3v) is 3.53. The standard InChI is InChI=1S/C14H19FN2O3/c15-11-3-1-10-6-12(4-2-9(10)5-11)16-7-13(18)8-17-14(19)20/h1,3,5,12-13,16-18H,2,4,6-8H2,(H,19,20). The zero-order valence-electron chi connectivity index (χ0n) is 11.1. The topological polar surface area (TPSA) is 81.6 Å². The fourth-order valence-electron chi connectivity index (χ4n) is 2.48. The van der Waals surface area contributed by atoms with Gasteiger partial charge in [-0.25, -0.2) is 9.18 Å². The number of aliphatic hydroxyl groups excluding tert-OH is 1. The molecule has 0 aromatic heterocycles. The lowest BCUT2D eigenvalue weighted by Gasteiger charge is -2.26. The highest BCUT2D eigenvalue weighted by Crippen LogP contribution is 2.22. The molecule has 20 heavy (non-hydrogen) atoms. The van der Waals surface area contributed by atoms with E-state index in [1.807, 2.05) is 0 Å². The lowest BCUT2D eigenvalue weighted by Crippen LogP contribution is -2.43. The van der Waals surface area contributed by atoms with Crippen LogP contribution in [0.2, 0.25) is 0 Å². The predicted molar refractivity (Wildman–Crippen MR) is 72.3 cm³/mol. The third kappa shape index (κ3) is 4.18. The van der Waals surface area contributed by atoms with E-state index in [-0.39, 0.29) is 18.4 Å². The first kappa shape index (κ1) is 14.7. The van der Waals surface area contributed by atoms with E-state index < -0.39 is 12.2 Å². The summed E-state index contributed by atoms with van der Waals surface area (Å²) in [5.41, 5.74) is 2.18. The molecule has 1 aromatic carbocycles. The van der Waals surface area contributed by atoms with E-state index in [1.165, 1.54) is 6.07 Å². The van der Waals surface area contributed by atoms with Crippen LogP contribution in [0.25, 0.3) is 0 Å². The van der Waals surface area contributed by atoms with Crippen molar-refractivity contribution in [2.75, 3.05) is 13.1 Å². The monoisotopic (exact) mass is 282 g/mol. The van der Waals surface area contributed by atoms with Crippen molar-refractivity contribution in [2.24, 2.45) is 0 Å². The number of carbonyl (C=O) groups is 1. The molecule has 110 valence electrons. The van der Waals surface area contributed by atoms with E-state index in [0.29, 0.717) is 6.54 Å². The van der Waals surface area contributed by atoms with Crippen molar-refractivity contribution in [3.63, 3.8) is 0 Å². The van der Waals surface area contributed by atoms with Crippen LogP contribution in [0.4, 0.5) is 9.18 Å². The average Bonchev–Trinajstić information content (AvgIpc) is 2.42. The summed E-state index contributed by atoms with van der Waals surface area (Å²) < 4.78 is 13.1. The number of amides is 1. The van der Waals surface area contributed by atoms with Crippen LogP contribution in [-0.4, -0.2) is 41.5 Å². The SMILES string of the molecule is O=C(O)NCC(O)CNC1CCc2cc(F)ccc2C1. The molecule has 2 unspecified atom stereocenters. The van der Waals surface area contributed by atoms with Crippen LogP contribution in [0.1, 0.15) is 17.5 Å². The number of hydrogen-bond acceptors (Lipinski definition) is 3. The summed E-state index contributed by atoms with van der Waals surface area (Å²) in [5.74, 6) is -0.203. The molecule has 6 heteroatoms. The van der Waals surface area contributed by atoms with Crippen LogP contribution in [0, 0.1) is 5.82 Å². The quantitative estimate of drug-likeness (QED) is 0.647. The van der Waals surface area contributed by atoms with Gasteiger partial charge in [-0.15, -0.1) is 0 Å². The number of rotatable bonds is 5. The maximum absolute atomic E-state index is 13.1. The summed E-state index contributed by atoms with van der Waals surface area (Å²) in [6.07, 6.45) is 0.608. The van der Waals surface area contributed by atoms with Gasteiger partial charge >= 0.3 is 6.09 Å². The molecule has 1 amide bonds. The fourth-order valence-corrected chi connectivity index (χ4v) is 2.48. The van der Waals surface area contributed by atoms with Crippen LogP contribution < -0.4 is 10.6 Å². The number of benzene rings is 1. The first-order chi connectivity index (χ1) is 9.54. The first-order valence-corrected chi connectivity index (χ1v) is 6.70. The van der Waals surface area contributed by atoms with Crippen LogP contribution in [-0.2, 0) is 12.8 Å². The Bertz CT molecular complexity index is 481. The second-order valence-corrected chi connectivity index (χ2v) is 5.10. The van der Waals surface area contributed by atoms with Gasteiger partial charge in [-0.3, -0.25) is 0 Å². The van der Waals surface area contributed by atoms with E-state index in [0.717, 1.165) is 30.4 Å². The van der Waals surface area contributed by atoms with Gasteiger partial charge in [0.15, 0.2) is 0 Å². The van der Waals surface area contributed by atoms with Crippen molar-refractivity contribution in [3.8, 4) is 0 Å². The normalized spacial score (nSPS) is 19.2. The van der Waals surface area contributed by atoms with Crippen LogP contribution in [0.15, 0.2) is 18.2 Å². The van der Waals surface area contributed by atoms with Gasteiger partial charge in [0.2, 0.25) is 0 Å². The maximum atomic E-state index is 13.1. The highest BCUT2D eigenvalue weighted by atomic mass is 19.1. The van der Waals surface area contributed by atoms with Gasteiger partial charge < -0.3 is 20.8 Å². The molecular weight excluding hydrogens is 263 g/mol. The third-order valence-electron chi connectivity index (χ3n) is 3.53. The number of carboxylic acid groups (broad SMARTS) is 1. The van der Waals surface area contributed by atoms with Crippen LogP contribution >= 0.6 is 0 Å². The number of fused-ring (bicyclic) bond motifs is 1. The minimum Gasteiger partial charge on any atom is -0.465 e. The second-order valence-electron chi connectivity index (χ2n) is 5.10. The molecule has 0 saturated heterocycles. The van der Waals surface area contributed by atoms with Crippen molar-refractivity contribution in [1.82, 2.24) is 10.6 Å². The van der Waals surface area contributed by atoms with Gasteiger partial charge in [0.1, 0.15) is 5.82 Å². The Morgan fingerprint density at radius 1 is 1.40 bits per heavy atom. The Labute approximate surface area is 116 Å². The molecule has 0 aliphatic heterocycles. The number of aliphatic hydroxyl groups is 1. The fraction of sp³-hybridized carbons (Fsp3) is 0.500. The average molecular weight is 282 g/mol. The first-order valence-electron chi connectivity index (χ1n) is 6.70. The summed E-state index contributed by atoms with van der Waals surface area (Å²) in [5, 5.41) is 23.4. The van der Waals surface area contributed by atoms with E-state index in [4.69, 9.17) is 5.11 Å². The summed E-state index contributed by atoms with van der Waals surface area (Å²) in [7, 11) is 0. The van der Waals surface area contributed by atoms with Crippen molar-refractivity contribution in [1.29, 1.82) is 0 Å². The van der Waals surface area contributed by atoms with Gasteiger partial charge in [-0.2, -0.15) is 0 Å². The van der Waals surface area contributed by atoms with Gasteiger partial charge in [0.25, 0.3) is 0 Å². The molecule has 2 rings (SSSR count). The molecule has 0 saturated carbocycles. The second kappa shape index (κ2) is 6.67. The zero-order chi connectivity index (χ0) is 14.5. The predicted octanol–water partition coefficient (Wildman–Crippen LogP) is 0.901. The van der Waals surface area contributed by atoms with Crippen molar-refractivity contribution < 1.29 is 19.4 Å². The lowest BCUT2D eigenvalue weighted by molar-refractivity contribution is 0.151. The zero-order valence-corrected chi connectivity index (χ0v) is 11.1. The number of aryl methyl sites for hydroxylation is 1. The summed E-state index contributed by atoms with van der Waals surface area (Å²) in [6, 6.07) is 5.08. The van der Waals surface area contributed by atoms with E-state index in [9.17, 15) is 14.3 Å². The Morgan fingerprint density at radius 3 is 2.95 bits per heavy atom. The molecule has 0 fully saturated rings. The van der Waals surface area contributed by atoms with Crippen molar-refractivity contribution in [2.45, 2.75) is 31.4 Å². The molecule has 0 heterocycles.